The fourth-order valence-corrected chi connectivity index (χ4v) is 4.89. The molecule has 0 spiro atoms. The lowest BCUT2D eigenvalue weighted by Crippen LogP contribution is -2.21. The average Bonchev–Trinajstić information content (AvgIpc) is 3.11. The van der Waals surface area contributed by atoms with Gasteiger partial charge >= 0.3 is 5.97 Å². The van der Waals surface area contributed by atoms with Gasteiger partial charge in [0.1, 0.15) is 16.3 Å². The van der Waals surface area contributed by atoms with E-state index in [4.69, 9.17) is 9.47 Å². The number of anilines is 1. The Kier molecular flexibility index (Phi) is 7.51. The summed E-state index contributed by atoms with van der Waals surface area (Å²) >= 11 is 4.75. The van der Waals surface area contributed by atoms with E-state index in [1.54, 1.807) is 6.92 Å². The first-order chi connectivity index (χ1) is 14.8. The summed E-state index contributed by atoms with van der Waals surface area (Å²) in [6, 6.07) is 11.7. The van der Waals surface area contributed by atoms with Gasteiger partial charge in [-0.3, -0.25) is 4.79 Å². The van der Waals surface area contributed by atoms with Crippen LogP contribution in [0.5, 0.6) is 5.75 Å². The zero-order valence-corrected chi connectivity index (χ0v) is 20.3. The van der Waals surface area contributed by atoms with Crippen molar-refractivity contribution in [3.05, 3.63) is 68.5 Å². The third kappa shape index (κ3) is 5.54. The largest absolute Gasteiger partial charge is 0.483 e. The molecule has 2 aromatic carbocycles. The number of carbonyl (C=O) groups excluding carboxylic acids is 2. The molecule has 0 radical (unpaired) electrons. The molecule has 3 rings (SSSR count). The number of amides is 1. The SMILES string of the molecule is CCOC(=O)c1c(-c2ccc(C)cc2)csc1NC(=O)COc1c(C)cc(Br)cc1C. The van der Waals surface area contributed by atoms with E-state index >= 15 is 0 Å². The molecule has 0 aliphatic carbocycles. The van der Waals surface area contributed by atoms with E-state index < -0.39 is 5.97 Å². The van der Waals surface area contributed by atoms with Crippen molar-refractivity contribution < 1.29 is 19.1 Å². The number of carbonyl (C=O) groups is 2. The fourth-order valence-electron chi connectivity index (χ4n) is 3.23. The second-order valence-corrected chi connectivity index (χ2v) is 8.94. The van der Waals surface area contributed by atoms with Crippen LogP contribution in [-0.2, 0) is 9.53 Å². The molecule has 1 aromatic heterocycles. The van der Waals surface area contributed by atoms with Gasteiger partial charge in [-0.25, -0.2) is 4.79 Å². The van der Waals surface area contributed by atoms with Crippen LogP contribution in [0.1, 0.15) is 34.0 Å². The monoisotopic (exact) mass is 501 g/mol. The van der Waals surface area contributed by atoms with Gasteiger partial charge in [0.25, 0.3) is 5.91 Å². The molecule has 0 saturated heterocycles. The summed E-state index contributed by atoms with van der Waals surface area (Å²) < 4.78 is 12.0. The highest BCUT2D eigenvalue weighted by Gasteiger charge is 2.23. The number of aryl methyl sites for hydroxylation is 3. The minimum Gasteiger partial charge on any atom is -0.483 e. The summed E-state index contributed by atoms with van der Waals surface area (Å²) in [6.07, 6.45) is 0. The molecule has 0 saturated carbocycles. The number of hydrogen-bond acceptors (Lipinski definition) is 5. The lowest BCUT2D eigenvalue weighted by molar-refractivity contribution is -0.118. The topological polar surface area (TPSA) is 64.6 Å². The summed E-state index contributed by atoms with van der Waals surface area (Å²) in [6.45, 7) is 7.70. The van der Waals surface area contributed by atoms with Gasteiger partial charge in [0.2, 0.25) is 0 Å². The van der Waals surface area contributed by atoms with Crippen molar-refractivity contribution in [2.75, 3.05) is 18.5 Å². The summed E-state index contributed by atoms with van der Waals surface area (Å²) in [7, 11) is 0. The molecule has 0 bridgehead atoms. The summed E-state index contributed by atoms with van der Waals surface area (Å²) in [5.41, 5.74) is 4.98. The van der Waals surface area contributed by atoms with Crippen molar-refractivity contribution >= 4 is 44.1 Å². The van der Waals surface area contributed by atoms with Crippen LogP contribution in [0, 0.1) is 20.8 Å². The van der Waals surface area contributed by atoms with Crippen molar-refractivity contribution in [3.8, 4) is 16.9 Å². The normalized spacial score (nSPS) is 10.6. The third-order valence-corrected chi connectivity index (χ3v) is 6.01. The summed E-state index contributed by atoms with van der Waals surface area (Å²) in [5, 5.41) is 5.12. The van der Waals surface area contributed by atoms with E-state index in [0.717, 1.165) is 32.3 Å². The molecule has 7 heteroatoms. The van der Waals surface area contributed by atoms with Crippen molar-refractivity contribution in [1.29, 1.82) is 0 Å². The molecule has 5 nitrogen and oxygen atoms in total. The van der Waals surface area contributed by atoms with Crippen molar-refractivity contribution in [3.63, 3.8) is 0 Å². The molecule has 0 aliphatic rings. The fraction of sp³-hybridized carbons (Fsp3) is 0.250. The highest BCUT2D eigenvalue weighted by molar-refractivity contribution is 9.10. The predicted molar refractivity (Wildman–Crippen MR) is 128 cm³/mol. The number of ether oxygens (including phenoxy) is 2. The Balaban J connectivity index is 1.81. The molecule has 0 aliphatic heterocycles. The van der Waals surface area contributed by atoms with E-state index in [-0.39, 0.29) is 19.1 Å². The van der Waals surface area contributed by atoms with Gasteiger partial charge < -0.3 is 14.8 Å². The van der Waals surface area contributed by atoms with E-state index in [2.05, 4.69) is 21.2 Å². The van der Waals surface area contributed by atoms with E-state index in [1.807, 2.05) is 62.5 Å². The van der Waals surface area contributed by atoms with Crippen LogP contribution < -0.4 is 10.1 Å². The van der Waals surface area contributed by atoms with Crippen LogP contribution in [0.25, 0.3) is 11.1 Å². The highest BCUT2D eigenvalue weighted by Crippen LogP contribution is 2.36. The Morgan fingerprint density at radius 2 is 1.71 bits per heavy atom. The average molecular weight is 502 g/mol. The number of benzene rings is 2. The number of nitrogens with one attached hydrogen (secondary N) is 1. The van der Waals surface area contributed by atoms with Crippen LogP contribution in [0.2, 0.25) is 0 Å². The second kappa shape index (κ2) is 10.1. The number of hydrogen-bond donors (Lipinski definition) is 1. The Morgan fingerprint density at radius 1 is 1.06 bits per heavy atom. The van der Waals surface area contributed by atoms with Crippen molar-refractivity contribution in [2.24, 2.45) is 0 Å². The van der Waals surface area contributed by atoms with Crippen LogP contribution in [0.3, 0.4) is 0 Å². The Bertz CT molecular complexity index is 1080. The molecule has 162 valence electrons. The lowest BCUT2D eigenvalue weighted by Gasteiger charge is -2.13. The molecule has 31 heavy (non-hydrogen) atoms. The smallest absolute Gasteiger partial charge is 0.341 e. The lowest BCUT2D eigenvalue weighted by atomic mass is 10.0. The number of esters is 1. The summed E-state index contributed by atoms with van der Waals surface area (Å²) in [5.74, 6) is -0.129. The Labute approximate surface area is 194 Å². The van der Waals surface area contributed by atoms with Crippen LogP contribution >= 0.6 is 27.3 Å². The van der Waals surface area contributed by atoms with E-state index in [0.29, 0.717) is 16.3 Å². The van der Waals surface area contributed by atoms with Crippen LogP contribution in [-0.4, -0.2) is 25.1 Å². The quantitative estimate of drug-likeness (QED) is 0.386. The Hall–Kier alpha value is -2.64. The second-order valence-electron chi connectivity index (χ2n) is 7.15. The van der Waals surface area contributed by atoms with Gasteiger partial charge in [-0.1, -0.05) is 45.8 Å². The molecule has 0 fully saturated rings. The minimum absolute atomic E-state index is 0.163. The van der Waals surface area contributed by atoms with Gasteiger partial charge in [0, 0.05) is 15.4 Å². The number of thiophene rings is 1. The Morgan fingerprint density at radius 3 is 2.32 bits per heavy atom. The molecule has 3 aromatic rings. The maximum atomic E-state index is 12.7. The molecular formula is C24H24BrNO4S. The zero-order chi connectivity index (χ0) is 22.5. The third-order valence-electron chi connectivity index (χ3n) is 4.66. The molecular weight excluding hydrogens is 478 g/mol. The highest BCUT2D eigenvalue weighted by atomic mass is 79.9. The van der Waals surface area contributed by atoms with Crippen LogP contribution in [0.4, 0.5) is 5.00 Å². The standard InChI is InChI=1S/C24H24BrNO4S/c1-5-29-24(28)21-19(17-8-6-14(2)7-9-17)13-31-23(21)26-20(27)12-30-22-15(3)10-18(25)11-16(22)4/h6-11,13H,5,12H2,1-4H3,(H,26,27). The first-order valence-corrected chi connectivity index (χ1v) is 11.5. The van der Waals surface area contributed by atoms with Gasteiger partial charge in [0.05, 0.1) is 6.61 Å². The number of rotatable bonds is 7. The molecule has 1 amide bonds. The predicted octanol–water partition coefficient (Wildman–Crippen LogP) is 6.30. The maximum absolute atomic E-state index is 12.7. The van der Waals surface area contributed by atoms with Crippen molar-refractivity contribution in [1.82, 2.24) is 0 Å². The van der Waals surface area contributed by atoms with Gasteiger partial charge in [0.15, 0.2) is 6.61 Å². The minimum atomic E-state index is -0.463. The van der Waals surface area contributed by atoms with Crippen molar-refractivity contribution in [2.45, 2.75) is 27.7 Å². The van der Waals surface area contributed by atoms with Gasteiger partial charge in [-0.05, 0) is 56.5 Å². The maximum Gasteiger partial charge on any atom is 0.341 e. The number of halogens is 1. The van der Waals surface area contributed by atoms with Gasteiger partial charge in [-0.2, -0.15) is 0 Å². The molecule has 0 unspecified atom stereocenters. The zero-order valence-electron chi connectivity index (χ0n) is 17.9. The molecule has 1 N–H and O–H groups in total. The molecule has 0 atom stereocenters. The summed E-state index contributed by atoms with van der Waals surface area (Å²) in [4.78, 5) is 25.3. The van der Waals surface area contributed by atoms with Crippen LogP contribution in [0.15, 0.2) is 46.3 Å². The first kappa shape index (κ1) is 23.0. The first-order valence-electron chi connectivity index (χ1n) is 9.85. The van der Waals surface area contributed by atoms with E-state index in [1.165, 1.54) is 11.3 Å². The van der Waals surface area contributed by atoms with Gasteiger partial charge in [-0.15, -0.1) is 11.3 Å². The van der Waals surface area contributed by atoms with E-state index in [9.17, 15) is 9.59 Å². The molecule has 1 heterocycles.